The summed E-state index contributed by atoms with van der Waals surface area (Å²) in [5.41, 5.74) is 2.06. The van der Waals surface area contributed by atoms with E-state index in [4.69, 9.17) is 9.47 Å². The topological polar surface area (TPSA) is 68.4 Å². The van der Waals surface area contributed by atoms with Gasteiger partial charge in [-0.15, -0.1) is 0 Å². The minimum Gasteiger partial charge on any atom is -0.462 e. The summed E-state index contributed by atoms with van der Waals surface area (Å²) in [4.78, 5) is 27.2. The fraction of sp³-hybridized carbons (Fsp3) is 0.412. The molecule has 1 aromatic carbocycles. The number of benzene rings is 1. The summed E-state index contributed by atoms with van der Waals surface area (Å²) in [6.45, 7) is 5.94. The van der Waals surface area contributed by atoms with Crippen LogP contribution in [0, 0.1) is 18.8 Å². The fourth-order valence-electron chi connectivity index (χ4n) is 2.68. The van der Waals surface area contributed by atoms with Gasteiger partial charge in [0.05, 0.1) is 18.1 Å². The second-order valence-corrected chi connectivity index (χ2v) is 5.79. The Morgan fingerprint density at radius 1 is 1.36 bits per heavy atom. The number of fused-ring (bicyclic) bond motifs is 1. The summed E-state index contributed by atoms with van der Waals surface area (Å²) >= 11 is 0. The van der Waals surface area contributed by atoms with E-state index in [1.54, 1.807) is 19.1 Å². The van der Waals surface area contributed by atoms with E-state index in [0.717, 1.165) is 17.6 Å². The van der Waals surface area contributed by atoms with E-state index >= 15 is 0 Å². The van der Waals surface area contributed by atoms with Crippen molar-refractivity contribution < 1.29 is 19.1 Å². The predicted molar refractivity (Wildman–Crippen MR) is 81.9 cm³/mol. The Labute approximate surface area is 128 Å². The highest BCUT2D eigenvalue weighted by atomic mass is 16.5. The number of esters is 2. The third kappa shape index (κ3) is 2.58. The fourth-order valence-corrected chi connectivity index (χ4v) is 2.68. The smallest absolute Gasteiger partial charge is 0.340 e. The number of aromatic nitrogens is 1. The van der Waals surface area contributed by atoms with E-state index < -0.39 is 0 Å². The number of aryl methyl sites for hydroxylation is 1. The molecule has 1 heterocycles. The first kappa shape index (κ1) is 14.6. The lowest BCUT2D eigenvalue weighted by Gasteiger charge is -2.05. The number of H-pyrrole nitrogens is 1. The minimum atomic E-state index is -0.370. The Morgan fingerprint density at radius 3 is 2.73 bits per heavy atom. The minimum absolute atomic E-state index is 0.00758. The zero-order valence-electron chi connectivity index (χ0n) is 12.9. The molecule has 0 aliphatic heterocycles. The molecular weight excluding hydrogens is 282 g/mol. The molecule has 2 atom stereocenters. The number of nitrogens with one attached hydrogen (secondary N) is 1. The maximum Gasteiger partial charge on any atom is 0.340 e. The van der Waals surface area contributed by atoms with Gasteiger partial charge in [-0.25, -0.2) is 4.79 Å². The molecule has 22 heavy (non-hydrogen) atoms. The predicted octanol–water partition coefficient (Wildman–Crippen LogP) is 3.21. The molecule has 1 aliphatic carbocycles. The van der Waals surface area contributed by atoms with Crippen LogP contribution in [0.2, 0.25) is 0 Å². The number of aromatic amines is 1. The van der Waals surface area contributed by atoms with Crippen LogP contribution < -0.4 is 4.74 Å². The van der Waals surface area contributed by atoms with Crippen molar-refractivity contribution in [1.29, 1.82) is 0 Å². The Balaban J connectivity index is 1.92. The molecule has 0 bridgehead atoms. The van der Waals surface area contributed by atoms with Crippen molar-refractivity contribution in [3.05, 3.63) is 29.5 Å². The molecule has 1 aromatic heterocycles. The number of hydrogen-bond acceptors (Lipinski definition) is 4. The molecule has 1 saturated carbocycles. The molecule has 116 valence electrons. The summed E-state index contributed by atoms with van der Waals surface area (Å²) in [5.74, 6) is 0.303. The van der Waals surface area contributed by atoms with Crippen LogP contribution in [-0.4, -0.2) is 23.5 Å². The maximum atomic E-state index is 12.1. The van der Waals surface area contributed by atoms with E-state index in [1.165, 1.54) is 0 Å². The monoisotopic (exact) mass is 301 g/mol. The molecule has 2 aromatic rings. The molecule has 5 nitrogen and oxygen atoms in total. The van der Waals surface area contributed by atoms with Crippen LogP contribution in [-0.2, 0) is 9.53 Å². The van der Waals surface area contributed by atoms with Crippen molar-refractivity contribution in [3.63, 3.8) is 0 Å². The average Bonchev–Trinajstić information content (AvgIpc) is 3.10. The van der Waals surface area contributed by atoms with E-state index in [0.29, 0.717) is 29.2 Å². The van der Waals surface area contributed by atoms with Crippen LogP contribution in [0.5, 0.6) is 5.75 Å². The quantitative estimate of drug-likeness (QED) is 0.695. The van der Waals surface area contributed by atoms with Gasteiger partial charge in [0.25, 0.3) is 0 Å². The van der Waals surface area contributed by atoms with Gasteiger partial charge >= 0.3 is 11.9 Å². The lowest BCUT2D eigenvalue weighted by molar-refractivity contribution is -0.136. The number of carbonyl (C=O) groups is 2. The van der Waals surface area contributed by atoms with Crippen LogP contribution in [0.4, 0.5) is 0 Å². The van der Waals surface area contributed by atoms with Crippen molar-refractivity contribution in [1.82, 2.24) is 4.98 Å². The molecule has 1 fully saturated rings. The SMILES string of the molecule is CCOC(=O)c1c(C)[nH]c2ccc(OC(=O)[C@H]3C[C@H]3C)cc12. The summed E-state index contributed by atoms with van der Waals surface area (Å²) < 4.78 is 10.5. The molecule has 0 spiro atoms. The lowest BCUT2D eigenvalue weighted by Crippen LogP contribution is -2.11. The van der Waals surface area contributed by atoms with Crippen LogP contribution in [0.3, 0.4) is 0 Å². The Kier molecular flexibility index (Phi) is 3.64. The first-order valence-corrected chi connectivity index (χ1v) is 7.52. The van der Waals surface area contributed by atoms with Gasteiger partial charge in [0.2, 0.25) is 0 Å². The zero-order valence-corrected chi connectivity index (χ0v) is 12.9. The van der Waals surface area contributed by atoms with Crippen LogP contribution in [0.25, 0.3) is 10.9 Å². The van der Waals surface area contributed by atoms with E-state index in [2.05, 4.69) is 4.98 Å². The molecule has 3 rings (SSSR count). The van der Waals surface area contributed by atoms with Crippen LogP contribution >= 0.6 is 0 Å². The number of rotatable bonds is 4. The van der Waals surface area contributed by atoms with Gasteiger partial charge in [0, 0.05) is 16.6 Å². The van der Waals surface area contributed by atoms with Crippen molar-refractivity contribution in [2.24, 2.45) is 11.8 Å². The van der Waals surface area contributed by atoms with Gasteiger partial charge in [0.1, 0.15) is 5.75 Å². The second kappa shape index (κ2) is 5.48. The Bertz CT molecular complexity index is 746. The normalized spacial score (nSPS) is 20.0. The maximum absolute atomic E-state index is 12.1. The average molecular weight is 301 g/mol. The van der Waals surface area contributed by atoms with Crippen molar-refractivity contribution in [2.45, 2.75) is 27.2 Å². The first-order valence-electron chi connectivity index (χ1n) is 7.52. The highest BCUT2D eigenvalue weighted by molar-refractivity contribution is 6.06. The molecular formula is C17H19NO4. The highest BCUT2D eigenvalue weighted by Gasteiger charge is 2.40. The van der Waals surface area contributed by atoms with E-state index in [9.17, 15) is 9.59 Å². The molecule has 0 unspecified atom stereocenters. The number of hydrogen-bond donors (Lipinski definition) is 1. The van der Waals surface area contributed by atoms with Gasteiger partial charge in [-0.1, -0.05) is 6.92 Å². The Hall–Kier alpha value is -2.30. The standard InChI is InChI=1S/C17H19NO4/c1-4-21-17(20)15-10(3)18-14-6-5-11(8-13(14)15)22-16(19)12-7-9(12)2/h5-6,8-9,12,18H,4,7H2,1-3H3/t9-,12+/m1/s1. The van der Waals surface area contributed by atoms with Crippen molar-refractivity contribution >= 4 is 22.8 Å². The summed E-state index contributed by atoms with van der Waals surface area (Å²) in [7, 11) is 0. The third-order valence-corrected chi connectivity index (χ3v) is 4.07. The second-order valence-electron chi connectivity index (χ2n) is 5.79. The molecule has 0 radical (unpaired) electrons. The van der Waals surface area contributed by atoms with Crippen LogP contribution in [0.15, 0.2) is 18.2 Å². The first-order chi connectivity index (χ1) is 10.5. The van der Waals surface area contributed by atoms with E-state index in [1.807, 2.05) is 19.9 Å². The lowest BCUT2D eigenvalue weighted by atomic mass is 10.1. The molecule has 0 amide bonds. The van der Waals surface area contributed by atoms with E-state index in [-0.39, 0.29) is 17.9 Å². The molecule has 1 aliphatic rings. The van der Waals surface area contributed by atoms with Gasteiger partial charge in [-0.3, -0.25) is 4.79 Å². The van der Waals surface area contributed by atoms with Gasteiger partial charge < -0.3 is 14.5 Å². The summed E-state index contributed by atoms with van der Waals surface area (Å²) in [6, 6.07) is 5.26. The Morgan fingerprint density at radius 2 is 2.09 bits per heavy atom. The number of ether oxygens (including phenoxy) is 2. The summed E-state index contributed by atoms with van der Waals surface area (Å²) in [5, 5.41) is 0.713. The van der Waals surface area contributed by atoms with Crippen molar-refractivity contribution in [3.8, 4) is 5.75 Å². The van der Waals surface area contributed by atoms with Crippen LogP contribution in [0.1, 0.15) is 36.3 Å². The zero-order chi connectivity index (χ0) is 15.9. The molecule has 1 N–H and O–H groups in total. The van der Waals surface area contributed by atoms with Gasteiger partial charge in [-0.05, 0) is 44.4 Å². The largest absolute Gasteiger partial charge is 0.462 e. The third-order valence-electron chi connectivity index (χ3n) is 4.07. The highest BCUT2D eigenvalue weighted by Crippen LogP contribution is 2.39. The van der Waals surface area contributed by atoms with Gasteiger partial charge in [-0.2, -0.15) is 0 Å². The molecule has 0 saturated heterocycles. The summed E-state index contributed by atoms with van der Waals surface area (Å²) in [6.07, 6.45) is 0.887. The molecule has 5 heteroatoms. The number of carbonyl (C=O) groups excluding carboxylic acids is 2. The van der Waals surface area contributed by atoms with Crippen molar-refractivity contribution in [2.75, 3.05) is 6.61 Å². The van der Waals surface area contributed by atoms with Gasteiger partial charge in [0.15, 0.2) is 0 Å².